The Morgan fingerprint density at radius 1 is 1.26 bits per heavy atom. The molecule has 0 amide bonds. The van der Waals surface area contributed by atoms with Gasteiger partial charge in [-0.2, -0.15) is 0 Å². The van der Waals surface area contributed by atoms with Crippen molar-refractivity contribution in [2.45, 2.75) is 51.3 Å². The van der Waals surface area contributed by atoms with Gasteiger partial charge in [-0.1, -0.05) is 23.7 Å². The van der Waals surface area contributed by atoms with Gasteiger partial charge in [0, 0.05) is 24.2 Å². The van der Waals surface area contributed by atoms with Crippen LogP contribution in [0.4, 0.5) is 10.2 Å². The van der Waals surface area contributed by atoms with Crippen LogP contribution in [-0.2, 0) is 25.0 Å². The van der Waals surface area contributed by atoms with E-state index in [4.69, 9.17) is 10.6 Å². The molecule has 0 spiro atoms. The van der Waals surface area contributed by atoms with E-state index >= 15 is 0 Å². The first-order chi connectivity index (χ1) is 13.1. The van der Waals surface area contributed by atoms with E-state index in [0.29, 0.717) is 17.7 Å². The topological polar surface area (TPSA) is 59.7 Å². The van der Waals surface area contributed by atoms with Crippen LogP contribution in [0, 0.1) is 5.82 Å². The molecule has 0 atom stereocenters. The average Bonchev–Trinajstić information content (AvgIpc) is 3.25. The highest BCUT2D eigenvalue weighted by Crippen LogP contribution is 2.23. The number of rotatable bonds is 5. The largest absolute Gasteiger partial charge is 0.391 e. The van der Waals surface area contributed by atoms with Gasteiger partial charge in [0.25, 0.3) is 0 Å². The lowest BCUT2D eigenvalue weighted by atomic mass is 9.98. The van der Waals surface area contributed by atoms with Crippen LogP contribution in [-0.4, -0.2) is 23.2 Å². The zero-order valence-corrected chi connectivity index (χ0v) is 15.8. The Labute approximate surface area is 159 Å². The van der Waals surface area contributed by atoms with E-state index < -0.39 is 0 Å². The Bertz CT molecular complexity index is 841. The highest BCUT2D eigenvalue weighted by atomic mass is 19.1. The Hall–Kier alpha value is -2.57. The number of hydrogen-bond donors (Lipinski definition) is 1. The van der Waals surface area contributed by atoms with E-state index in [-0.39, 0.29) is 17.8 Å². The second-order valence-corrected chi connectivity index (χ2v) is 7.44. The number of nitrogens with two attached hydrogens (primary N) is 1. The van der Waals surface area contributed by atoms with Crippen LogP contribution in [0.2, 0.25) is 0 Å². The van der Waals surface area contributed by atoms with Crippen molar-refractivity contribution in [3.05, 3.63) is 47.4 Å². The number of oxime groups is 1. The monoisotopic (exact) mass is 372 g/mol. The zero-order chi connectivity index (χ0) is 18.8. The summed E-state index contributed by atoms with van der Waals surface area (Å²) in [5, 5.41) is 4.04. The number of aromatic nitrogens is 2. The fourth-order valence-corrected chi connectivity index (χ4v) is 3.93. The van der Waals surface area contributed by atoms with Crippen molar-refractivity contribution in [2.24, 2.45) is 17.9 Å². The predicted octanol–water partition coefficient (Wildman–Crippen LogP) is 2.44. The molecule has 2 aliphatic rings. The third kappa shape index (κ3) is 3.77. The number of hydrogen-bond acceptors (Lipinski definition) is 3. The highest BCUT2D eigenvalue weighted by Gasteiger charge is 2.25. The summed E-state index contributed by atoms with van der Waals surface area (Å²) in [5.74, 6) is 1.08. The van der Waals surface area contributed by atoms with E-state index in [1.807, 2.05) is 19.3 Å². The van der Waals surface area contributed by atoms with Crippen LogP contribution in [0.25, 0.3) is 0 Å². The summed E-state index contributed by atoms with van der Waals surface area (Å²) in [6.07, 6.45) is 7.77. The van der Waals surface area contributed by atoms with Gasteiger partial charge in [-0.25, -0.2) is 4.39 Å². The van der Waals surface area contributed by atoms with Crippen LogP contribution in [0.15, 0.2) is 35.6 Å². The van der Waals surface area contributed by atoms with Gasteiger partial charge in [0.15, 0.2) is 24.9 Å². The molecule has 6 nitrogen and oxygen atoms in total. The number of anilines is 1. The number of nitrogens with zero attached hydrogens (tertiary/aromatic N) is 4. The Balaban J connectivity index is 1.43. The summed E-state index contributed by atoms with van der Waals surface area (Å²) in [6.45, 7) is 2.33. The molecule has 7 heteroatoms. The minimum absolute atomic E-state index is 0.133. The molecule has 27 heavy (non-hydrogen) atoms. The summed E-state index contributed by atoms with van der Waals surface area (Å²) in [5.41, 5.74) is 7.21. The van der Waals surface area contributed by atoms with Crippen LogP contribution < -0.4 is 15.3 Å². The minimum Gasteiger partial charge on any atom is -0.391 e. The van der Waals surface area contributed by atoms with E-state index in [9.17, 15) is 4.39 Å². The summed E-state index contributed by atoms with van der Waals surface area (Å²) < 4.78 is 18.9. The smallest absolute Gasteiger partial charge is 0.197 e. The van der Waals surface area contributed by atoms with Crippen molar-refractivity contribution in [2.75, 3.05) is 11.4 Å². The van der Waals surface area contributed by atoms with Gasteiger partial charge >= 0.3 is 0 Å². The highest BCUT2D eigenvalue weighted by molar-refractivity contribution is 5.97. The second-order valence-electron chi connectivity index (χ2n) is 7.44. The van der Waals surface area contributed by atoms with Crippen LogP contribution in [0.3, 0.4) is 0 Å². The lowest BCUT2D eigenvalue weighted by molar-refractivity contribution is -0.751. The molecular formula is C20H27FN5O+. The molecule has 2 N–H and O–H groups in total. The number of fused-ring (bicyclic) bond motifs is 1. The zero-order valence-electron chi connectivity index (χ0n) is 15.8. The van der Waals surface area contributed by atoms with Gasteiger partial charge in [-0.15, -0.1) is 9.36 Å². The number of halogens is 1. The van der Waals surface area contributed by atoms with E-state index in [1.54, 1.807) is 6.07 Å². The Morgan fingerprint density at radius 2 is 2.07 bits per heavy atom. The number of amidine groups is 1. The third-order valence-electron chi connectivity index (χ3n) is 5.55. The summed E-state index contributed by atoms with van der Waals surface area (Å²) >= 11 is 0. The Kier molecular flexibility index (Phi) is 5.01. The SMILES string of the molecule is C[n+]1ccc2n1CCN2Cc1ccc(C(N)=NOC2CCCCC2)cc1F. The second kappa shape index (κ2) is 7.58. The molecule has 2 aromatic rings. The van der Waals surface area contributed by atoms with Crippen molar-refractivity contribution in [3.8, 4) is 0 Å². The molecule has 144 valence electrons. The Morgan fingerprint density at radius 3 is 2.85 bits per heavy atom. The molecule has 1 aromatic heterocycles. The molecule has 1 fully saturated rings. The van der Waals surface area contributed by atoms with Crippen molar-refractivity contribution in [1.29, 1.82) is 0 Å². The van der Waals surface area contributed by atoms with Crippen molar-refractivity contribution >= 4 is 11.7 Å². The number of benzene rings is 1. The summed E-state index contributed by atoms with van der Waals surface area (Å²) in [4.78, 5) is 7.73. The molecule has 4 rings (SSSR count). The van der Waals surface area contributed by atoms with E-state index in [0.717, 1.165) is 31.7 Å². The summed E-state index contributed by atoms with van der Waals surface area (Å²) in [7, 11) is 2.01. The van der Waals surface area contributed by atoms with Crippen molar-refractivity contribution < 1.29 is 13.9 Å². The predicted molar refractivity (Wildman–Crippen MR) is 102 cm³/mol. The maximum atomic E-state index is 14.6. The van der Waals surface area contributed by atoms with Crippen molar-refractivity contribution in [1.82, 2.24) is 4.68 Å². The van der Waals surface area contributed by atoms with Gasteiger partial charge in [0.2, 0.25) is 0 Å². The lowest BCUT2D eigenvalue weighted by Gasteiger charge is -2.19. The first-order valence-corrected chi connectivity index (χ1v) is 9.70. The first kappa shape index (κ1) is 17.8. The lowest BCUT2D eigenvalue weighted by Crippen LogP contribution is -2.37. The quantitative estimate of drug-likeness (QED) is 0.380. The van der Waals surface area contributed by atoms with Crippen molar-refractivity contribution in [3.63, 3.8) is 0 Å². The standard InChI is InChI=1S/C20H27FN5O/c1-24-10-9-19-25(11-12-26(19)24)14-16-8-7-15(13-18(16)21)20(22)23-27-17-5-3-2-4-6-17/h7-10,13,17H,2-6,11-12,14H2,1H3,(H2,22,23)/q+1. The van der Waals surface area contributed by atoms with Gasteiger partial charge in [0.1, 0.15) is 11.9 Å². The molecule has 0 saturated heterocycles. The molecule has 1 aliphatic heterocycles. The van der Waals surface area contributed by atoms with E-state index in [1.165, 1.54) is 25.3 Å². The summed E-state index contributed by atoms with van der Waals surface area (Å²) in [6, 6.07) is 7.12. The molecule has 0 unspecified atom stereocenters. The van der Waals surface area contributed by atoms with Gasteiger partial charge in [0.05, 0.1) is 12.6 Å². The van der Waals surface area contributed by atoms with Crippen LogP contribution >= 0.6 is 0 Å². The number of aryl methyl sites for hydroxylation is 1. The first-order valence-electron chi connectivity index (χ1n) is 9.70. The van der Waals surface area contributed by atoms with Gasteiger partial charge in [-0.3, -0.25) is 0 Å². The molecular weight excluding hydrogens is 345 g/mol. The van der Waals surface area contributed by atoms with Crippen LogP contribution in [0.1, 0.15) is 43.2 Å². The van der Waals surface area contributed by atoms with Crippen LogP contribution in [0.5, 0.6) is 0 Å². The molecule has 0 radical (unpaired) electrons. The molecule has 1 aliphatic carbocycles. The van der Waals surface area contributed by atoms with Gasteiger partial charge in [-0.05, 0) is 31.7 Å². The van der Waals surface area contributed by atoms with E-state index in [2.05, 4.69) is 25.5 Å². The molecule has 2 heterocycles. The molecule has 1 saturated carbocycles. The third-order valence-corrected chi connectivity index (χ3v) is 5.55. The fourth-order valence-electron chi connectivity index (χ4n) is 3.93. The minimum atomic E-state index is -0.266. The normalized spacial score (nSPS) is 18.0. The fraction of sp³-hybridized carbons (Fsp3) is 0.500. The van der Waals surface area contributed by atoms with Gasteiger partial charge < -0.3 is 15.5 Å². The maximum absolute atomic E-state index is 14.6. The maximum Gasteiger partial charge on any atom is 0.197 e. The molecule has 1 aromatic carbocycles. The molecule has 0 bridgehead atoms. The average molecular weight is 372 g/mol.